The number of hydrogen-bond acceptors (Lipinski definition) is 4. The number of rotatable bonds is 5. The molecule has 0 spiro atoms. The summed E-state index contributed by atoms with van der Waals surface area (Å²) in [7, 11) is 3.27. The van der Waals surface area contributed by atoms with Crippen molar-refractivity contribution in [2.24, 2.45) is 5.41 Å². The van der Waals surface area contributed by atoms with Crippen LogP contribution in [-0.4, -0.2) is 67.8 Å². The van der Waals surface area contributed by atoms with Gasteiger partial charge in [-0.2, -0.15) is 0 Å². The first-order valence-corrected chi connectivity index (χ1v) is 6.33. The van der Waals surface area contributed by atoms with Gasteiger partial charge >= 0.3 is 12.0 Å². The van der Waals surface area contributed by atoms with E-state index in [0.717, 1.165) is 0 Å². The van der Waals surface area contributed by atoms with Gasteiger partial charge in [-0.1, -0.05) is 0 Å². The molecule has 0 saturated carbocycles. The Labute approximate surface area is 117 Å². The van der Waals surface area contributed by atoms with Gasteiger partial charge in [-0.25, -0.2) is 4.79 Å². The predicted molar refractivity (Wildman–Crippen MR) is 70.2 cm³/mol. The maximum Gasteiger partial charge on any atom is 0.315 e. The maximum absolute atomic E-state index is 11.7. The molecule has 8 heteroatoms. The summed E-state index contributed by atoms with van der Waals surface area (Å²) in [4.78, 5) is 35.6. The molecule has 114 valence electrons. The molecule has 1 heterocycles. The fourth-order valence-electron chi connectivity index (χ4n) is 1.80. The van der Waals surface area contributed by atoms with Gasteiger partial charge in [-0.05, 0) is 6.92 Å². The third-order valence-electron chi connectivity index (χ3n) is 3.37. The molecule has 0 aromatic rings. The molecule has 0 aromatic heterocycles. The lowest BCUT2D eigenvalue weighted by Crippen LogP contribution is -2.52. The second-order valence-corrected chi connectivity index (χ2v) is 5.23. The van der Waals surface area contributed by atoms with Gasteiger partial charge in [0, 0.05) is 27.1 Å². The van der Waals surface area contributed by atoms with Crippen LogP contribution in [0.2, 0.25) is 0 Å². The van der Waals surface area contributed by atoms with E-state index in [9.17, 15) is 14.4 Å². The van der Waals surface area contributed by atoms with Crippen molar-refractivity contribution < 1.29 is 24.2 Å². The number of ether oxygens (including phenoxy) is 1. The Hall–Kier alpha value is -1.83. The lowest BCUT2D eigenvalue weighted by Gasteiger charge is -2.25. The highest BCUT2D eigenvalue weighted by Crippen LogP contribution is 2.28. The molecular formula is C12H21N3O5. The fraction of sp³-hybridized carbons (Fsp3) is 0.750. The van der Waals surface area contributed by atoms with Gasteiger partial charge in [-0.3, -0.25) is 9.59 Å². The number of carboxylic acid groups (broad SMARTS) is 1. The number of carbonyl (C=O) groups excluding carboxylic acids is 2. The summed E-state index contributed by atoms with van der Waals surface area (Å²) in [6.45, 7) is 1.95. The Bertz CT molecular complexity index is 399. The third-order valence-corrected chi connectivity index (χ3v) is 3.37. The molecule has 0 radical (unpaired) electrons. The molecule has 1 aliphatic heterocycles. The van der Waals surface area contributed by atoms with Crippen LogP contribution >= 0.6 is 0 Å². The highest BCUT2D eigenvalue weighted by Gasteiger charge is 2.47. The molecule has 3 amide bonds. The highest BCUT2D eigenvalue weighted by molar-refractivity contribution is 5.80. The number of nitrogens with one attached hydrogen (secondary N) is 2. The highest BCUT2D eigenvalue weighted by atomic mass is 16.5. The predicted octanol–water partition coefficient (Wildman–Crippen LogP) is -0.746. The topological polar surface area (TPSA) is 108 Å². The van der Waals surface area contributed by atoms with E-state index >= 15 is 0 Å². The van der Waals surface area contributed by atoms with Gasteiger partial charge in [0.15, 0.2) is 0 Å². The number of amides is 3. The van der Waals surface area contributed by atoms with Crippen LogP contribution < -0.4 is 10.6 Å². The summed E-state index contributed by atoms with van der Waals surface area (Å²) in [5.41, 5.74) is -1.13. The zero-order valence-corrected chi connectivity index (χ0v) is 11.9. The van der Waals surface area contributed by atoms with E-state index in [0.29, 0.717) is 0 Å². The molecule has 0 aromatic carbocycles. The lowest BCUT2D eigenvalue weighted by atomic mass is 9.85. The van der Waals surface area contributed by atoms with Crippen molar-refractivity contribution in [2.75, 3.05) is 33.9 Å². The van der Waals surface area contributed by atoms with Crippen molar-refractivity contribution in [1.29, 1.82) is 0 Å². The van der Waals surface area contributed by atoms with Gasteiger partial charge in [0.25, 0.3) is 0 Å². The summed E-state index contributed by atoms with van der Waals surface area (Å²) in [6.07, 6.45) is 0.192. The lowest BCUT2D eigenvalue weighted by molar-refractivity contribution is -0.148. The number of nitrogens with zero attached hydrogens (tertiary/aromatic N) is 1. The van der Waals surface area contributed by atoms with Crippen LogP contribution in [0.4, 0.5) is 4.79 Å². The van der Waals surface area contributed by atoms with E-state index in [2.05, 4.69) is 10.6 Å². The van der Waals surface area contributed by atoms with Crippen molar-refractivity contribution in [3.63, 3.8) is 0 Å². The van der Waals surface area contributed by atoms with E-state index < -0.39 is 23.5 Å². The van der Waals surface area contributed by atoms with E-state index in [1.54, 1.807) is 14.1 Å². The van der Waals surface area contributed by atoms with E-state index in [4.69, 9.17) is 9.84 Å². The zero-order chi connectivity index (χ0) is 15.3. The van der Waals surface area contributed by atoms with Gasteiger partial charge in [0.1, 0.15) is 5.41 Å². The summed E-state index contributed by atoms with van der Waals surface area (Å²) < 4.78 is 5.12. The van der Waals surface area contributed by atoms with Crippen LogP contribution in [0, 0.1) is 5.41 Å². The molecule has 1 fully saturated rings. The van der Waals surface area contributed by atoms with Crippen molar-refractivity contribution in [3.8, 4) is 0 Å². The molecule has 1 saturated heterocycles. The first-order valence-electron chi connectivity index (χ1n) is 6.33. The Kier molecular flexibility index (Phi) is 5.32. The monoisotopic (exact) mass is 287 g/mol. The molecule has 3 N–H and O–H groups in total. The van der Waals surface area contributed by atoms with Gasteiger partial charge in [0.2, 0.25) is 5.91 Å². The van der Waals surface area contributed by atoms with Crippen molar-refractivity contribution >= 4 is 17.9 Å². The van der Waals surface area contributed by atoms with Gasteiger partial charge in [0.05, 0.1) is 19.3 Å². The Morgan fingerprint density at radius 1 is 1.40 bits per heavy atom. The number of carbonyl (C=O) groups is 3. The van der Waals surface area contributed by atoms with Crippen LogP contribution in [0.3, 0.4) is 0 Å². The van der Waals surface area contributed by atoms with Crippen LogP contribution in [0.1, 0.15) is 13.3 Å². The minimum Gasteiger partial charge on any atom is -0.481 e. The van der Waals surface area contributed by atoms with E-state index in [1.165, 1.54) is 11.8 Å². The summed E-state index contributed by atoms with van der Waals surface area (Å²) in [5.74, 6) is -1.10. The fourth-order valence-corrected chi connectivity index (χ4v) is 1.80. The summed E-state index contributed by atoms with van der Waals surface area (Å²) >= 11 is 0. The molecule has 2 unspecified atom stereocenters. The quantitative estimate of drug-likeness (QED) is 0.617. The second kappa shape index (κ2) is 6.56. The normalized spacial score (nSPS) is 25.1. The second-order valence-electron chi connectivity index (χ2n) is 5.23. The maximum atomic E-state index is 11.7. The average molecular weight is 287 g/mol. The van der Waals surface area contributed by atoms with Crippen LogP contribution in [-0.2, 0) is 14.3 Å². The SMILES string of the molecule is CN(C)C(=O)CCNC(=O)NC1COCC1(C)C(=O)O. The van der Waals surface area contributed by atoms with Crippen molar-refractivity contribution in [1.82, 2.24) is 15.5 Å². The number of urea groups is 1. The molecule has 0 aliphatic carbocycles. The molecule has 1 rings (SSSR count). The molecule has 8 nitrogen and oxygen atoms in total. The smallest absolute Gasteiger partial charge is 0.315 e. The van der Waals surface area contributed by atoms with Crippen molar-refractivity contribution in [3.05, 3.63) is 0 Å². The largest absolute Gasteiger partial charge is 0.481 e. The Balaban J connectivity index is 2.39. The summed E-state index contributed by atoms with van der Waals surface area (Å²) in [6, 6.07) is -1.09. The van der Waals surface area contributed by atoms with Crippen LogP contribution in [0.15, 0.2) is 0 Å². The van der Waals surface area contributed by atoms with Gasteiger partial charge < -0.3 is 25.4 Å². The number of aliphatic carboxylic acids is 1. The van der Waals surface area contributed by atoms with Gasteiger partial charge in [-0.15, -0.1) is 0 Å². The summed E-state index contributed by atoms with van der Waals surface area (Å²) in [5, 5.41) is 14.3. The minimum atomic E-state index is -1.13. The van der Waals surface area contributed by atoms with Crippen LogP contribution in [0.25, 0.3) is 0 Å². The average Bonchev–Trinajstić information content (AvgIpc) is 2.72. The molecule has 0 bridgehead atoms. The molecule has 20 heavy (non-hydrogen) atoms. The van der Waals surface area contributed by atoms with E-state index in [1.807, 2.05) is 0 Å². The molecule has 1 aliphatic rings. The first kappa shape index (κ1) is 16.2. The van der Waals surface area contributed by atoms with Crippen molar-refractivity contribution in [2.45, 2.75) is 19.4 Å². The number of hydrogen-bond donors (Lipinski definition) is 3. The molecular weight excluding hydrogens is 266 g/mol. The Morgan fingerprint density at radius 2 is 2.05 bits per heavy atom. The Morgan fingerprint density at radius 3 is 2.60 bits per heavy atom. The molecule has 2 atom stereocenters. The third kappa shape index (κ3) is 3.83. The first-order chi connectivity index (χ1) is 9.27. The standard InChI is InChI=1S/C12H21N3O5/c1-12(10(17)18)7-20-6-8(12)14-11(19)13-5-4-9(16)15(2)3/h8H,4-7H2,1-3H3,(H,17,18)(H2,13,14,19). The zero-order valence-electron chi connectivity index (χ0n) is 11.9. The van der Waals surface area contributed by atoms with E-state index in [-0.39, 0.29) is 32.1 Å². The minimum absolute atomic E-state index is 0.0619. The van der Waals surface area contributed by atoms with Crippen LogP contribution in [0.5, 0.6) is 0 Å². The number of carboxylic acids is 1.